The van der Waals surface area contributed by atoms with E-state index in [4.69, 9.17) is 16.3 Å². The first-order chi connectivity index (χ1) is 13.5. The summed E-state index contributed by atoms with van der Waals surface area (Å²) in [5.41, 5.74) is 1.13. The molecule has 28 heavy (non-hydrogen) atoms. The maximum Gasteiger partial charge on any atom is 0.331 e. The fraction of sp³-hybridized carbons (Fsp3) is 0.182. The summed E-state index contributed by atoms with van der Waals surface area (Å²) in [7, 11) is 0. The molecule has 1 amide bonds. The van der Waals surface area contributed by atoms with Gasteiger partial charge in [0.05, 0.1) is 5.02 Å². The zero-order valence-corrected chi connectivity index (χ0v) is 16.9. The van der Waals surface area contributed by atoms with E-state index in [1.165, 1.54) is 17.4 Å². The zero-order valence-electron chi connectivity index (χ0n) is 15.4. The van der Waals surface area contributed by atoms with E-state index in [1.54, 1.807) is 13.0 Å². The smallest absolute Gasteiger partial charge is 0.331 e. The van der Waals surface area contributed by atoms with Crippen LogP contribution in [0.5, 0.6) is 0 Å². The van der Waals surface area contributed by atoms with E-state index < -0.39 is 12.1 Å². The van der Waals surface area contributed by atoms with Crippen LogP contribution in [0.3, 0.4) is 0 Å². The van der Waals surface area contributed by atoms with Crippen molar-refractivity contribution in [2.75, 3.05) is 6.54 Å². The van der Waals surface area contributed by atoms with Gasteiger partial charge in [-0.3, -0.25) is 4.79 Å². The van der Waals surface area contributed by atoms with Crippen molar-refractivity contribution in [3.63, 3.8) is 0 Å². The summed E-state index contributed by atoms with van der Waals surface area (Å²) < 4.78 is 6.22. The van der Waals surface area contributed by atoms with Crippen molar-refractivity contribution in [3.05, 3.63) is 76.1 Å². The molecule has 0 saturated carbocycles. The summed E-state index contributed by atoms with van der Waals surface area (Å²) in [6.45, 7) is 2.04. The van der Waals surface area contributed by atoms with Gasteiger partial charge in [-0.15, -0.1) is 11.3 Å². The number of hydrogen-bond acceptors (Lipinski definition) is 4. The van der Waals surface area contributed by atoms with Gasteiger partial charge in [-0.1, -0.05) is 60.1 Å². The van der Waals surface area contributed by atoms with E-state index in [1.807, 2.05) is 54.6 Å². The molecule has 1 aromatic heterocycles. The standard InChI is InChI=1S/C22H20ClNO3S/c1-15(22(26)24-14-13-16-7-3-2-4-8-16)27-20(25)12-11-19-21(23)17-9-5-6-10-18(17)28-19/h2-12,15H,13-14H2,1H3,(H,24,26)/b12-11+. The topological polar surface area (TPSA) is 55.4 Å². The molecule has 2 aromatic carbocycles. The van der Waals surface area contributed by atoms with Crippen LogP contribution in [-0.2, 0) is 20.7 Å². The van der Waals surface area contributed by atoms with Crippen LogP contribution in [0.15, 0.2) is 60.7 Å². The van der Waals surface area contributed by atoms with Crippen molar-refractivity contribution < 1.29 is 14.3 Å². The third-order valence-corrected chi connectivity index (χ3v) is 5.80. The minimum Gasteiger partial charge on any atom is -0.449 e. The summed E-state index contributed by atoms with van der Waals surface area (Å²) >= 11 is 7.84. The molecule has 6 heteroatoms. The highest BCUT2D eigenvalue weighted by Gasteiger charge is 2.16. The molecule has 0 aliphatic rings. The van der Waals surface area contributed by atoms with Crippen molar-refractivity contribution in [2.24, 2.45) is 0 Å². The first-order valence-corrected chi connectivity index (χ1v) is 10.1. The quantitative estimate of drug-likeness (QED) is 0.444. The fourth-order valence-corrected chi connectivity index (χ4v) is 4.07. The second-order valence-corrected chi connectivity index (χ2v) is 7.68. The van der Waals surface area contributed by atoms with Crippen LogP contribution >= 0.6 is 22.9 Å². The average molecular weight is 414 g/mol. The van der Waals surface area contributed by atoms with Crippen LogP contribution in [-0.4, -0.2) is 24.5 Å². The molecule has 0 radical (unpaired) electrons. The Hall–Kier alpha value is -2.63. The maximum absolute atomic E-state index is 12.1. The monoisotopic (exact) mass is 413 g/mol. The molecule has 1 atom stereocenters. The normalized spacial score (nSPS) is 12.2. The SMILES string of the molecule is CC(OC(=O)/C=C/c1sc2ccccc2c1Cl)C(=O)NCCc1ccccc1. The van der Waals surface area contributed by atoms with Crippen molar-refractivity contribution in [1.29, 1.82) is 0 Å². The Morgan fingerprint density at radius 2 is 1.86 bits per heavy atom. The maximum atomic E-state index is 12.1. The Morgan fingerprint density at radius 3 is 2.61 bits per heavy atom. The van der Waals surface area contributed by atoms with Crippen LogP contribution in [0.4, 0.5) is 0 Å². The van der Waals surface area contributed by atoms with Crippen LogP contribution in [0.2, 0.25) is 5.02 Å². The van der Waals surface area contributed by atoms with E-state index in [2.05, 4.69) is 5.32 Å². The minimum atomic E-state index is -0.870. The molecule has 3 aromatic rings. The Kier molecular flexibility index (Phi) is 6.85. The van der Waals surface area contributed by atoms with E-state index in [0.717, 1.165) is 26.9 Å². The molecule has 0 aliphatic heterocycles. The highest BCUT2D eigenvalue weighted by atomic mass is 35.5. The van der Waals surface area contributed by atoms with Crippen LogP contribution in [0.1, 0.15) is 17.4 Å². The van der Waals surface area contributed by atoms with E-state index >= 15 is 0 Å². The van der Waals surface area contributed by atoms with Gasteiger partial charge >= 0.3 is 5.97 Å². The lowest BCUT2D eigenvalue weighted by Gasteiger charge is -2.12. The third-order valence-electron chi connectivity index (χ3n) is 4.15. The minimum absolute atomic E-state index is 0.322. The van der Waals surface area contributed by atoms with Gasteiger partial charge < -0.3 is 10.1 Å². The van der Waals surface area contributed by atoms with Crippen molar-refractivity contribution in [1.82, 2.24) is 5.32 Å². The van der Waals surface area contributed by atoms with Crippen molar-refractivity contribution in [2.45, 2.75) is 19.4 Å². The summed E-state index contributed by atoms with van der Waals surface area (Å²) in [5.74, 6) is -0.906. The lowest BCUT2D eigenvalue weighted by atomic mass is 10.1. The van der Waals surface area contributed by atoms with E-state index in [-0.39, 0.29) is 5.91 Å². The second-order valence-electron chi connectivity index (χ2n) is 6.22. The van der Waals surface area contributed by atoms with Crippen molar-refractivity contribution >= 4 is 51.0 Å². The first kappa shape index (κ1) is 20.1. The number of ether oxygens (including phenoxy) is 1. The molecule has 1 heterocycles. The molecular weight excluding hydrogens is 394 g/mol. The van der Waals surface area contributed by atoms with Crippen molar-refractivity contribution in [3.8, 4) is 0 Å². The van der Waals surface area contributed by atoms with Gasteiger partial charge in [-0.2, -0.15) is 0 Å². The number of esters is 1. The predicted octanol–water partition coefficient (Wildman–Crippen LogP) is 4.86. The Balaban J connectivity index is 1.49. The highest BCUT2D eigenvalue weighted by molar-refractivity contribution is 7.20. The summed E-state index contributed by atoms with van der Waals surface area (Å²) in [6, 6.07) is 17.6. The number of nitrogens with one attached hydrogen (secondary N) is 1. The van der Waals surface area contributed by atoms with Gasteiger partial charge in [0, 0.05) is 27.6 Å². The number of fused-ring (bicyclic) bond motifs is 1. The van der Waals surface area contributed by atoms with Crippen LogP contribution in [0.25, 0.3) is 16.2 Å². The number of carbonyl (C=O) groups is 2. The van der Waals surface area contributed by atoms with Gasteiger partial charge in [0.1, 0.15) is 0 Å². The summed E-state index contributed by atoms with van der Waals surface area (Å²) in [4.78, 5) is 24.9. The average Bonchev–Trinajstić information content (AvgIpc) is 3.03. The molecule has 0 bridgehead atoms. The number of halogens is 1. The van der Waals surface area contributed by atoms with Gasteiger partial charge in [-0.25, -0.2) is 4.79 Å². The molecule has 1 unspecified atom stereocenters. The van der Waals surface area contributed by atoms with Gasteiger partial charge in [-0.05, 0) is 31.1 Å². The Bertz CT molecular complexity index is 997. The molecule has 0 spiro atoms. The van der Waals surface area contributed by atoms with E-state index in [0.29, 0.717) is 11.6 Å². The third kappa shape index (κ3) is 5.21. The molecule has 0 fully saturated rings. The summed E-state index contributed by atoms with van der Waals surface area (Å²) in [5, 5.41) is 4.34. The van der Waals surface area contributed by atoms with Gasteiger partial charge in [0.2, 0.25) is 0 Å². The lowest BCUT2D eigenvalue weighted by molar-refractivity contribution is -0.150. The molecule has 4 nitrogen and oxygen atoms in total. The summed E-state index contributed by atoms with van der Waals surface area (Å²) in [6.07, 6.45) is 2.77. The fourth-order valence-electron chi connectivity index (χ4n) is 2.67. The highest BCUT2D eigenvalue weighted by Crippen LogP contribution is 2.35. The van der Waals surface area contributed by atoms with E-state index in [9.17, 15) is 9.59 Å². The number of carbonyl (C=O) groups excluding carboxylic acids is 2. The molecule has 3 rings (SSSR count). The molecule has 144 valence electrons. The molecule has 0 aliphatic carbocycles. The molecule has 1 N–H and O–H groups in total. The lowest BCUT2D eigenvalue weighted by Crippen LogP contribution is -2.36. The number of amides is 1. The Labute approximate surface area is 172 Å². The predicted molar refractivity (Wildman–Crippen MR) is 115 cm³/mol. The molecular formula is C22H20ClNO3S. The first-order valence-electron chi connectivity index (χ1n) is 8.92. The number of benzene rings is 2. The number of thiophene rings is 1. The number of rotatable bonds is 7. The van der Waals surface area contributed by atoms with Gasteiger partial charge in [0.15, 0.2) is 6.10 Å². The Morgan fingerprint density at radius 1 is 1.14 bits per heavy atom. The largest absolute Gasteiger partial charge is 0.449 e. The molecule has 0 saturated heterocycles. The second kappa shape index (κ2) is 9.53. The zero-order chi connectivity index (χ0) is 19.9. The van der Waals surface area contributed by atoms with Crippen LogP contribution < -0.4 is 5.32 Å². The van der Waals surface area contributed by atoms with Gasteiger partial charge in [0.25, 0.3) is 5.91 Å². The number of hydrogen-bond donors (Lipinski definition) is 1. The van der Waals surface area contributed by atoms with Crippen LogP contribution in [0, 0.1) is 0 Å².